The SMILES string of the molecule is CCC1(C[C@H](NC(=O)O)C(=O)N[C@@H](C[C@@H]2CCNC2=O)C(=O)C(=O)NC2CC2)CC1. The van der Waals surface area contributed by atoms with E-state index in [2.05, 4.69) is 21.3 Å². The second-order valence-corrected chi connectivity index (χ2v) is 8.75. The van der Waals surface area contributed by atoms with Crippen LogP contribution in [0, 0.1) is 11.3 Å². The van der Waals surface area contributed by atoms with E-state index in [9.17, 15) is 24.0 Å². The van der Waals surface area contributed by atoms with Crippen LogP contribution in [-0.4, -0.2) is 59.4 Å². The van der Waals surface area contributed by atoms with Crippen molar-refractivity contribution in [3.05, 3.63) is 0 Å². The van der Waals surface area contributed by atoms with E-state index in [4.69, 9.17) is 5.11 Å². The quantitative estimate of drug-likeness (QED) is 0.297. The standard InChI is InChI=1S/C20H30N4O6/c1-2-20(6-7-20)10-14(24-19(29)30)17(27)23-13(9-11-5-8-21-16(11)26)15(25)18(28)22-12-3-4-12/h11-14,24H,2-10H2,1H3,(H,21,26)(H,22,28)(H,23,27)(H,29,30)/t11-,13-,14-/m0/s1. The molecular weight excluding hydrogens is 392 g/mol. The average Bonchev–Trinajstić information content (AvgIpc) is 3.61. The number of Topliss-reactive ketones (excluding diaryl/α,β-unsaturated/α-hetero) is 1. The molecular formula is C20H30N4O6. The minimum atomic E-state index is -1.33. The third-order valence-corrected chi connectivity index (χ3v) is 6.41. The molecule has 0 spiro atoms. The summed E-state index contributed by atoms with van der Waals surface area (Å²) in [6, 6.07) is -2.22. The van der Waals surface area contributed by atoms with Gasteiger partial charge in [0.2, 0.25) is 17.6 Å². The van der Waals surface area contributed by atoms with E-state index in [1.165, 1.54) is 0 Å². The van der Waals surface area contributed by atoms with E-state index < -0.39 is 41.7 Å². The molecule has 166 valence electrons. The molecule has 0 unspecified atom stereocenters. The summed E-state index contributed by atoms with van der Waals surface area (Å²) in [6.45, 7) is 2.48. The van der Waals surface area contributed by atoms with Gasteiger partial charge in [0.1, 0.15) is 6.04 Å². The smallest absolute Gasteiger partial charge is 0.405 e. The molecule has 1 heterocycles. The van der Waals surface area contributed by atoms with Gasteiger partial charge < -0.3 is 26.4 Å². The molecule has 0 bridgehead atoms. The second kappa shape index (κ2) is 9.01. The number of ketones is 1. The Bertz CT molecular complexity index is 731. The zero-order chi connectivity index (χ0) is 21.9. The Morgan fingerprint density at radius 3 is 2.33 bits per heavy atom. The number of hydrogen-bond donors (Lipinski definition) is 5. The summed E-state index contributed by atoms with van der Waals surface area (Å²) >= 11 is 0. The minimum absolute atomic E-state index is 0.00715. The van der Waals surface area contributed by atoms with Crippen LogP contribution >= 0.6 is 0 Å². The van der Waals surface area contributed by atoms with E-state index in [0.717, 1.165) is 32.1 Å². The second-order valence-electron chi connectivity index (χ2n) is 8.75. The fourth-order valence-electron chi connectivity index (χ4n) is 3.97. The number of rotatable bonds is 11. The summed E-state index contributed by atoms with van der Waals surface area (Å²) in [5, 5.41) is 19.2. The van der Waals surface area contributed by atoms with Gasteiger partial charge in [0, 0.05) is 18.5 Å². The van der Waals surface area contributed by atoms with Crippen molar-refractivity contribution in [2.24, 2.45) is 11.3 Å². The lowest BCUT2D eigenvalue weighted by Gasteiger charge is -2.25. The van der Waals surface area contributed by atoms with Crippen molar-refractivity contribution in [1.82, 2.24) is 21.3 Å². The minimum Gasteiger partial charge on any atom is -0.465 e. The van der Waals surface area contributed by atoms with Gasteiger partial charge in [0.25, 0.3) is 5.91 Å². The van der Waals surface area contributed by atoms with Crippen LogP contribution in [0.2, 0.25) is 0 Å². The highest BCUT2D eigenvalue weighted by molar-refractivity contribution is 6.38. The zero-order valence-electron chi connectivity index (χ0n) is 17.2. The Morgan fingerprint density at radius 2 is 1.83 bits per heavy atom. The number of carboxylic acid groups (broad SMARTS) is 1. The van der Waals surface area contributed by atoms with E-state index in [-0.39, 0.29) is 23.8 Å². The normalized spacial score (nSPS) is 23.6. The molecule has 3 rings (SSSR count). The number of amides is 4. The molecule has 10 nitrogen and oxygen atoms in total. The van der Waals surface area contributed by atoms with Crippen LogP contribution in [0.4, 0.5) is 4.79 Å². The molecule has 0 aromatic carbocycles. The fourth-order valence-corrected chi connectivity index (χ4v) is 3.97. The molecule has 3 fully saturated rings. The van der Waals surface area contributed by atoms with E-state index in [1.807, 2.05) is 6.92 Å². The van der Waals surface area contributed by atoms with Gasteiger partial charge in [-0.15, -0.1) is 0 Å². The molecule has 3 atom stereocenters. The maximum Gasteiger partial charge on any atom is 0.405 e. The molecule has 0 radical (unpaired) electrons. The Balaban J connectivity index is 1.70. The van der Waals surface area contributed by atoms with Gasteiger partial charge in [-0.2, -0.15) is 0 Å². The van der Waals surface area contributed by atoms with Gasteiger partial charge in [-0.1, -0.05) is 13.3 Å². The van der Waals surface area contributed by atoms with Crippen LogP contribution in [0.15, 0.2) is 0 Å². The van der Waals surface area contributed by atoms with Gasteiger partial charge in [-0.05, 0) is 50.4 Å². The van der Waals surface area contributed by atoms with Crippen molar-refractivity contribution in [1.29, 1.82) is 0 Å². The topological polar surface area (TPSA) is 154 Å². The largest absolute Gasteiger partial charge is 0.465 e. The van der Waals surface area contributed by atoms with Gasteiger partial charge in [0.05, 0.1) is 6.04 Å². The lowest BCUT2D eigenvalue weighted by Crippen LogP contribution is -2.55. The number of hydrogen-bond acceptors (Lipinski definition) is 5. The Kier molecular flexibility index (Phi) is 6.62. The first-order chi connectivity index (χ1) is 14.2. The first kappa shape index (κ1) is 22.0. The van der Waals surface area contributed by atoms with Crippen molar-refractivity contribution >= 4 is 29.6 Å². The summed E-state index contributed by atoms with van der Waals surface area (Å²) in [5.74, 6) is -2.93. The predicted octanol–water partition coefficient (Wildman–Crippen LogP) is 0.0616. The highest BCUT2D eigenvalue weighted by atomic mass is 16.4. The van der Waals surface area contributed by atoms with Gasteiger partial charge in [-0.3, -0.25) is 19.2 Å². The monoisotopic (exact) mass is 422 g/mol. The lowest BCUT2D eigenvalue weighted by atomic mass is 9.92. The fraction of sp³-hybridized carbons (Fsp3) is 0.750. The third-order valence-electron chi connectivity index (χ3n) is 6.41. The summed E-state index contributed by atoms with van der Waals surface area (Å²) < 4.78 is 0. The Hall–Kier alpha value is -2.65. The molecule has 30 heavy (non-hydrogen) atoms. The van der Waals surface area contributed by atoms with Gasteiger partial charge in [0.15, 0.2) is 0 Å². The van der Waals surface area contributed by atoms with Crippen LogP contribution in [0.3, 0.4) is 0 Å². The number of carbonyl (C=O) groups excluding carboxylic acids is 4. The molecule has 2 saturated carbocycles. The van der Waals surface area contributed by atoms with Crippen molar-refractivity contribution in [2.75, 3.05) is 6.54 Å². The average molecular weight is 422 g/mol. The molecule has 0 aromatic rings. The van der Waals surface area contributed by atoms with E-state index in [0.29, 0.717) is 19.4 Å². The van der Waals surface area contributed by atoms with Crippen LogP contribution in [0.1, 0.15) is 58.3 Å². The maximum absolute atomic E-state index is 12.9. The third kappa shape index (κ3) is 5.70. The van der Waals surface area contributed by atoms with E-state index in [1.54, 1.807) is 0 Å². The highest BCUT2D eigenvalue weighted by Crippen LogP contribution is 2.52. The van der Waals surface area contributed by atoms with Gasteiger partial charge >= 0.3 is 6.09 Å². The molecule has 4 amide bonds. The molecule has 10 heteroatoms. The summed E-state index contributed by atoms with van der Waals surface area (Å²) in [4.78, 5) is 61.1. The predicted molar refractivity (Wildman–Crippen MR) is 105 cm³/mol. The van der Waals surface area contributed by atoms with Crippen LogP contribution in [0.25, 0.3) is 0 Å². The van der Waals surface area contributed by atoms with E-state index >= 15 is 0 Å². The summed E-state index contributed by atoms with van der Waals surface area (Å²) in [6.07, 6.45) is 3.81. The first-order valence-electron chi connectivity index (χ1n) is 10.7. The molecule has 1 saturated heterocycles. The van der Waals surface area contributed by atoms with Crippen LogP contribution in [-0.2, 0) is 19.2 Å². The van der Waals surface area contributed by atoms with Crippen molar-refractivity contribution in [2.45, 2.75) is 76.4 Å². The zero-order valence-corrected chi connectivity index (χ0v) is 17.2. The molecule has 1 aliphatic heterocycles. The molecule has 3 aliphatic rings. The maximum atomic E-state index is 12.9. The van der Waals surface area contributed by atoms with Gasteiger partial charge in [-0.25, -0.2) is 4.79 Å². The Labute approximate surface area is 174 Å². The molecule has 2 aliphatic carbocycles. The lowest BCUT2D eigenvalue weighted by molar-refractivity contribution is -0.141. The highest BCUT2D eigenvalue weighted by Gasteiger charge is 2.45. The Morgan fingerprint density at radius 1 is 1.13 bits per heavy atom. The van der Waals surface area contributed by atoms with Crippen molar-refractivity contribution in [3.63, 3.8) is 0 Å². The van der Waals surface area contributed by atoms with Crippen LogP contribution in [0.5, 0.6) is 0 Å². The van der Waals surface area contributed by atoms with Crippen molar-refractivity contribution < 1.29 is 29.1 Å². The first-order valence-corrected chi connectivity index (χ1v) is 10.7. The van der Waals surface area contributed by atoms with Crippen molar-refractivity contribution in [3.8, 4) is 0 Å². The van der Waals surface area contributed by atoms with Crippen LogP contribution < -0.4 is 21.3 Å². The molecule has 5 N–H and O–H groups in total. The number of nitrogens with one attached hydrogen (secondary N) is 4. The number of carbonyl (C=O) groups is 5. The summed E-state index contributed by atoms with van der Waals surface area (Å²) in [5.41, 5.74) is -0.0708. The molecule has 0 aromatic heterocycles. The summed E-state index contributed by atoms with van der Waals surface area (Å²) in [7, 11) is 0.